The number of carbonyl (C=O) groups is 1. The number of benzene rings is 2. The van der Waals surface area contributed by atoms with E-state index in [1.54, 1.807) is 0 Å². The molecule has 37 heavy (non-hydrogen) atoms. The number of alkyl halides is 2. The van der Waals surface area contributed by atoms with Gasteiger partial charge in [-0.15, -0.1) is 0 Å². The topological polar surface area (TPSA) is 123 Å². The lowest BCUT2D eigenvalue weighted by Gasteiger charge is -2.22. The standard InChI is InChI=1S/C23H22F4N4O5S/c1-37(34,35)11-17(32)28-20-18(12-3-5-13(6-4-12)22(26)27)30-31-7-2-8-36-16-10-14(24)9-15(25)19(16)29-23(33)21(20)31/h3-6,9-10,22-23,29,33H,2,7-8,11H2,1H3,(H,28,32). The van der Waals surface area contributed by atoms with Crippen molar-refractivity contribution in [2.24, 2.45) is 0 Å². The van der Waals surface area contributed by atoms with Gasteiger partial charge < -0.3 is 20.5 Å². The number of aliphatic hydroxyl groups excluding tert-OH is 1. The van der Waals surface area contributed by atoms with Gasteiger partial charge in [0.25, 0.3) is 6.43 Å². The molecular weight excluding hydrogens is 520 g/mol. The molecular formula is C23H22F4N4O5S. The van der Waals surface area contributed by atoms with Crippen LogP contribution >= 0.6 is 0 Å². The molecule has 9 nitrogen and oxygen atoms in total. The normalized spacial score (nSPS) is 15.8. The predicted octanol–water partition coefficient (Wildman–Crippen LogP) is 3.63. The number of nitrogens with one attached hydrogen (secondary N) is 2. The van der Waals surface area contributed by atoms with E-state index in [-0.39, 0.29) is 59.2 Å². The molecule has 1 atom stereocenters. The molecule has 1 aliphatic rings. The highest BCUT2D eigenvalue weighted by atomic mass is 32.2. The summed E-state index contributed by atoms with van der Waals surface area (Å²) >= 11 is 0. The summed E-state index contributed by atoms with van der Waals surface area (Å²) in [4.78, 5) is 12.6. The minimum absolute atomic E-state index is 0.0150. The Morgan fingerprint density at radius 3 is 2.62 bits per heavy atom. The average Bonchev–Trinajstić information content (AvgIpc) is 3.15. The fourth-order valence-corrected chi connectivity index (χ4v) is 4.40. The molecule has 1 aromatic heterocycles. The van der Waals surface area contributed by atoms with Gasteiger partial charge in [-0.1, -0.05) is 24.3 Å². The van der Waals surface area contributed by atoms with Gasteiger partial charge in [0, 0.05) is 42.5 Å². The number of anilines is 2. The van der Waals surface area contributed by atoms with Gasteiger partial charge in [0.2, 0.25) is 5.91 Å². The van der Waals surface area contributed by atoms with Crippen LogP contribution in [0.2, 0.25) is 0 Å². The van der Waals surface area contributed by atoms with Gasteiger partial charge in [0.15, 0.2) is 21.9 Å². The zero-order valence-corrected chi connectivity index (χ0v) is 20.2. The third-order valence-corrected chi connectivity index (χ3v) is 6.20. The lowest BCUT2D eigenvalue weighted by molar-refractivity contribution is -0.113. The number of halogens is 4. The number of nitrogens with zero attached hydrogens (tertiary/aromatic N) is 2. The van der Waals surface area contributed by atoms with Crippen molar-refractivity contribution < 1.29 is 40.6 Å². The molecule has 0 fully saturated rings. The van der Waals surface area contributed by atoms with Gasteiger partial charge in [0.1, 0.15) is 34.4 Å². The van der Waals surface area contributed by atoms with E-state index in [4.69, 9.17) is 4.74 Å². The van der Waals surface area contributed by atoms with Crippen LogP contribution in [-0.4, -0.2) is 47.8 Å². The number of aliphatic hydroxyl groups is 1. The van der Waals surface area contributed by atoms with Crippen LogP contribution in [0.4, 0.5) is 28.9 Å². The van der Waals surface area contributed by atoms with Gasteiger partial charge in [-0.3, -0.25) is 9.48 Å². The molecule has 0 bridgehead atoms. The maximum Gasteiger partial charge on any atom is 0.263 e. The lowest BCUT2D eigenvalue weighted by Crippen LogP contribution is -2.25. The molecule has 0 radical (unpaired) electrons. The molecule has 2 heterocycles. The van der Waals surface area contributed by atoms with Crippen LogP contribution < -0.4 is 15.4 Å². The molecule has 0 saturated heterocycles. The van der Waals surface area contributed by atoms with Crippen LogP contribution in [0.3, 0.4) is 0 Å². The Hall–Kier alpha value is -3.65. The second-order valence-electron chi connectivity index (χ2n) is 8.38. The molecule has 3 aromatic rings. The van der Waals surface area contributed by atoms with Crippen molar-refractivity contribution in [1.82, 2.24) is 9.78 Å². The number of carbonyl (C=O) groups excluding carboxylic acids is 1. The molecule has 4 rings (SSSR count). The van der Waals surface area contributed by atoms with Crippen molar-refractivity contribution in [3.05, 3.63) is 59.3 Å². The first-order chi connectivity index (χ1) is 17.4. The first-order valence-electron chi connectivity index (χ1n) is 11.0. The fourth-order valence-electron chi connectivity index (χ4n) is 3.85. The summed E-state index contributed by atoms with van der Waals surface area (Å²) in [5.74, 6) is -3.95. The third-order valence-electron chi connectivity index (χ3n) is 5.42. The summed E-state index contributed by atoms with van der Waals surface area (Å²) in [6.07, 6.45) is -3.33. The number of fused-ring (bicyclic) bond motifs is 2. The number of sulfone groups is 1. The van der Waals surface area contributed by atoms with Crippen LogP contribution in [0.1, 0.15) is 30.3 Å². The van der Waals surface area contributed by atoms with Gasteiger partial charge in [-0.05, 0) is 0 Å². The maximum absolute atomic E-state index is 14.6. The molecule has 0 saturated carbocycles. The Morgan fingerprint density at radius 2 is 1.97 bits per heavy atom. The molecule has 0 aliphatic carbocycles. The number of aromatic nitrogens is 2. The van der Waals surface area contributed by atoms with Crippen LogP contribution in [0.5, 0.6) is 5.75 Å². The molecule has 1 aliphatic heterocycles. The number of rotatable bonds is 5. The number of amides is 1. The largest absolute Gasteiger partial charge is 0.491 e. The summed E-state index contributed by atoms with van der Waals surface area (Å²) in [6, 6.07) is 6.54. The Morgan fingerprint density at radius 1 is 1.27 bits per heavy atom. The Bertz CT molecular complexity index is 1430. The quantitative estimate of drug-likeness (QED) is 0.421. The summed E-state index contributed by atoms with van der Waals surface area (Å²) in [5.41, 5.74) is -0.435. The van der Waals surface area contributed by atoms with Crippen molar-refractivity contribution in [2.75, 3.05) is 29.2 Å². The minimum Gasteiger partial charge on any atom is -0.491 e. The van der Waals surface area contributed by atoms with E-state index < -0.39 is 45.8 Å². The fraction of sp³-hybridized carbons (Fsp3) is 0.304. The Balaban J connectivity index is 1.84. The number of aryl methyl sites for hydroxylation is 1. The molecule has 0 spiro atoms. The van der Waals surface area contributed by atoms with E-state index >= 15 is 0 Å². The first-order valence-corrected chi connectivity index (χ1v) is 13.0. The second kappa shape index (κ2) is 10.4. The highest BCUT2D eigenvalue weighted by Gasteiger charge is 2.29. The number of hydrogen-bond acceptors (Lipinski definition) is 7. The summed E-state index contributed by atoms with van der Waals surface area (Å²) in [5, 5.41) is 20.4. The first kappa shape index (κ1) is 26.4. The number of hydrogen-bond donors (Lipinski definition) is 3. The van der Waals surface area contributed by atoms with Crippen molar-refractivity contribution in [3.63, 3.8) is 0 Å². The van der Waals surface area contributed by atoms with Crippen molar-refractivity contribution >= 4 is 27.1 Å². The SMILES string of the molecule is CS(=O)(=O)CC(=O)Nc1c(-c2ccc(C(F)F)cc2)nn2c1C(O)Nc1c(F)cc(F)cc1OCCC2. The van der Waals surface area contributed by atoms with Gasteiger partial charge in [-0.25, -0.2) is 26.0 Å². The smallest absolute Gasteiger partial charge is 0.263 e. The average molecular weight is 543 g/mol. The van der Waals surface area contributed by atoms with Crippen LogP contribution in [0, 0.1) is 11.6 Å². The molecule has 3 N–H and O–H groups in total. The monoisotopic (exact) mass is 542 g/mol. The molecule has 2 aromatic carbocycles. The van der Waals surface area contributed by atoms with E-state index in [0.717, 1.165) is 24.5 Å². The zero-order valence-electron chi connectivity index (χ0n) is 19.3. The van der Waals surface area contributed by atoms with Crippen molar-refractivity contribution in [2.45, 2.75) is 25.6 Å². The molecule has 1 unspecified atom stereocenters. The molecule has 198 valence electrons. The summed E-state index contributed by atoms with van der Waals surface area (Å²) in [7, 11) is -3.73. The van der Waals surface area contributed by atoms with Crippen LogP contribution in [0.25, 0.3) is 11.3 Å². The predicted molar refractivity (Wildman–Crippen MR) is 126 cm³/mol. The zero-order chi connectivity index (χ0) is 26.9. The van der Waals surface area contributed by atoms with E-state index in [9.17, 15) is 35.9 Å². The lowest BCUT2D eigenvalue weighted by atomic mass is 10.1. The van der Waals surface area contributed by atoms with Crippen molar-refractivity contribution in [3.8, 4) is 17.0 Å². The highest BCUT2D eigenvalue weighted by Crippen LogP contribution is 2.38. The maximum atomic E-state index is 14.6. The molecule has 14 heteroatoms. The van der Waals surface area contributed by atoms with Crippen LogP contribution in [0.15, 0.2) is 36.4 Å². The number of ether oxygens (including phenoxy) is 1. The Kier molecular flexibility index (Phi) is 7.41. The van der Waals surface area contributed by atoms with Crippen molar-refractivity contribution in [1.29, 1.82) is 0 Å². The van der Waals surface area contributed by atoms with Gasteiger partial charge >= 0.3 is 0 Å². The molecule has 1 amide bonds. The van der Waals surface area contributed by atoms with E-state index in [0.29, 0.717) is 6.07 Å². The van der Waals surface area contributed by atoms with E-state index in [1.807, 2.05) is 0 Å². The van der Waals surface area contributed by atoms with E-state index in [1.165, 1.54) is 16.8 Å². The van der Waals surface area contributed by atoms with E-state index in [2.05, 4.69) is 15.7 Å². The van der Waals surface area contributed by atoms with Gasteiger partial charge in [0.05, 0.1) is 12.3 Å². The highest BCUT2D eigenvalue weighted by molar-refractivity contribution is 7.91. The third kappa shape index (κ3) is 6.02. The minimum atomic E-state index is -3.73. The summed E-state index contributed by atoms with van der Waals surface area (Å²) in [6.45, 7) is 0.131. The Labute approximate surface area is 209 Å². The summed E-state index contributed by atoms with van der Waals surface area (Å²) < 4.78 is 84.5. The van der Waals surface area contributed by atoms with Gasteiger partial charge in [-0.2, -0.15) is 5.10 Å². The second-order valence-corrected chi connectivity index (χ2v) is 10.5. The van der Waals surface area contributed by atoms with Crippen LogP contribution in [-0.2, 0) is 21.2 Å².